The number of ether oxygens (including phenoxy) is 1. The molecular weight excluding hydrogens is 643 g/mol. The standard InChI is InChI=1S/C46H27N3OS/c1-3-14-28(15-4-1)43-47-44(29-16-5-2-6-17-29)49-45(48-43)32-20-13-25-40-42(32)33-26-39-37(27-41(33)51-40)46(36-23-11-12-24-38(36)50-39)34-21-9-7-18-30(34)31-19-8-10-22-35(31)46/h1-27H. The largest absolute Gasteiger partial charge is 0.457 e. The SMILES string of the molecule is c1ccc(-c2nc(-c3ccccc3)nc(-c3cccc4sc5cc6c(cc5c34)Oc3ccccc3C63c4ccccc4-c4ccccc43)n2)cc1. The van der Waals surface area contributed by atoms with Crippen molar-refractivity contribution in [3.63, 3.8) is 0 Å². The third-order valence-electron chi connectivity index (χ3n) is 10.4. The van der Waals surface area contributed by atoms with Gasteiger partial charge in [0.05, 0.1) is 5.41 Å². The number of hydrogen-bond donors (Lipinski definition) is 0. The maximum absolute atomic E-state index is 6.88. The summed E-state index contributed by atoms with van der Waals surface area (Å²) >= 11 is 1.80. The van der Waals surface area contributed by atoms with Gasteiger partial charge in [-0.05, 0) is 46.5 Å². The highest BCUT2D eigenvalue weighted by atomic mass is 32.1. The topological polar surface area (TPSA) is 47.9 Å². The van der Waals surface area contributed by atoms with E-state index in [1.54, 1.807) is 11.3 Å². The zero-order valence-corrected chi connectivity index (χ0v) is 28.1. The summed E-state index contributed by atoms with van der Waals surface area (Å²) in [5.74, 6) is 3.69. The normalized spacial score (nSPS) is 13.4. The van der Waals surface area contributed by atoms with E-state index in [2.05, 4.69) is 103 Å². The Morgan fingerprint density at radius 3 is 1.63 bits per heavy atom. The van der Waals surface area contributed by atoms with Crippen molar-refractivity contribution in [2.24, 2.45) is 0 Å². The van der Waals surface area contributed by atoms with E-state index >= 15 is 0 Å². The second kappa shape index (κ2) is 10.8. The molecule has 5 heteroatoms. The molecule has 0 atom stereocenters. The molecule has 238 valence electrons. The fraction of sp³-hybridized carbons (Fsp3) is 0.0217. The Kier molecular flexibility index (Phi) is 6.01. The van der Waals surface area contributed by atoms with Crippen molar-refractivity contribution in [1.29, 1.82) is 0 Å². The Morgan fingerprint density at radius 2 is 0.961 bits per heavy atom. The van der Waals surface area contributed by atoms with Crippen LogP contribution in [0.1, 0.15) is 22.3 Å². The highest BCUT2D eigenvalue weighted by molar-refractivity contribution is 7.26. The third-order valence-corrected chi connectivity index (χ3v) is 11.5. The van der Waals surface area contributed by atoms with Crippen LogP contribution in [0.5, 0.6) is 11.5 Å². The van der Waals surface area contributed by atoms with Crippen LogP contribution in [0.2, 0.25) is 0 Å². The summed E-state index contributed by atoms with van der Waals surface area (Å²) in [5, 5.41) is 2.25. The molecule has 9 aromatic rings. The zero-order chi connectivity index (χ0) is 33.5. The van der Waals surface area contributed by atoms with Crippen LogP contribution < -0.4 is 4.74 Å². The third kappa shape index (κ3) is 4.04. The quantitative estimate of drug-likeness (QED) is 0.188. The zero-order valence-electron chi connectivity index (χ0n) is 27.2. The van der Waals surface area contributed by atoms with Crippen molar-refractivity contribution in [2.45, 2.75) is 5.41 Å². The second-order valence-electron chi connectivity index (χ2n) is 13.1. The first-order valence-electron chi connectivity index (χ1n) is 17.1. The Hall–Kier alpha value is -6.43. The molecule has 0 fully saturated rings. The minimum Gasteiger partial charge on any atom is -0.457 e. The Morgan fingerprint density at radius 1 is 0.412 bits per heavy atom. The van der Waals surface area contributed by atoms with Gasteiger partial charge < -0.3 is 4.74 Å². The molecule has 0 saturated heterocycles. The molecule has 3 heterocycles. The molecule has 0 saturated carbocycles. The van der Waals surface area contributed by atoms with E-state index in [-0.39, 0.29) is 0 Å². The van der Waals surface area contributed by atoms with Gasteiger partial charge in [0.1, 0.15) is 11.5 Å². The molecule has 1 spiro atoms. The highest BCUT2D eigenvalue weighted by Crippen LogP contribution is 2.62. The Balaban J connectivity index is 1.19. The van der Waals surface area contributed by atoms with Crippen LogP contribution in [0.15, 0.2) is 164 Å². The van der Waals surface area contributed by atoms with Gasteiger partial charge in [0.25, 0.3) is 0 Å². The predicted molar refractivity (Wildman–Crippen MR) is 206 cm³/mol. The van der Waals surface area contributed by atoms with Gasteiger partial charge >= 0.3 is 0 Å². The van der Waals surface area contributed by atoms with Crippen LogP contribution in [0.25, 0.3) is 65.5 Å². The lowest BCUT2D eigenvalue weighted by atomic mass is 9.66. The first-order valence-corrected chi connectivity index (χ1v) is 17.9. The second-order valence-corrected chi connectivity index (χ2v) is 14.2. The number of para-hydroxylation sites is 1. The molecule has 2 aromatic heterocycles. The van der Waals surface area contributed by atoms with Crippen molar-refractivity contribution in [1.82, 2.24) is 15.0 Å². The number of benzene rings is 7. The maximum atomic E-state index is 6.88. The van der Waals surface area contributed by atoms with E-state index in [0.29, 0.717) is 17.5 Å². The van der Waals surface area contributed by atoms with E-state index in [1.807, 2.05) is 60.7 Å². The van der Waals surface area contributed by atoms with E-state index in [0.717, 1.165) is 44.5 Å². The number of rotatable bonds is 3. The molecule has 0 unspecified atom stereocenters. The predicted octanol–water partition coefficient (Wildman–Crippen LogP) is 11.7. The Bertz CT molecular complexity index is 2740. The van der Waals surface area contributed by atoms with Crippen LogP contribution in [0.3, 0.4) is 0 Å². The number of aromatic nitrogens is 3. The molecule has 2 aliphatic rings. The molecule has 0 bridgehead atoms. The fourth-order valence-corrected chi connectivity index (χ4v) is 9.44. The molecule has 1 aliphatic heterocycles. The summed E-state index contributed by atoms with van der Waals surface area (Å²) in [6.07, 6.45) is 0. The van der Waals surface area contributed by atoms with Crippen LogP contribution >= 0.6 is 11.3 Å². The molecule has 0 radical (unpaired) electrons. The summed E-state index contributed by atoms with van der Waals surface area (Å²) in [7, 11) is 0. The van der Waals surface area contributed by atoms with Crippen LogP contribution in [-0.2, 0) is 5.41 Å². The molecule has 7 aromatic carbocycles. The lowest BCUT2D eigenvalue weighted by Crippen LogP contribution is -2.32. The Labute approximate surface area is 298 Å². The van der Waals surface area contributed by atoms with Gasteiger partial charge in [-0.2, -0.15) is 0 Å². The van der Waals surface area contributed by atoms with Crippen molar-refractivity contribution in [2.75, 3.05) is 0 Å². The molecule has 4 nitrogen and oxygen atoms in total. The molecule has 0 amide bonds. The van der Waals surface area contributed by atoms with Crippen molar-refractivity contribution in [3.05, 3.63) is 186 Å². The van der Waals surface area contributed by atoms with E-state index in [9.17, 15) is 0 Å². The van der Waals surface area contributed by atoms with Crippen LogP contribution in [0, 0.1) is 0 Å². The summed E-state index contributed by atoms with van der Waals surface area (Å²) in [6.45, 7) is 0. The fourth-order valence-electron chi connectivity index (χ4n) is 8.29. The van der Waals surface area contributed by atoms with Crippen LogP contribution in [-0.4, -0.2) is 15.0 Å². The minimum absolute atomic E-state index is 0.506. The molecule has 0 N–H and O–H groups in total. The summed E-state index contributed by atoms with van der Waals surface area (Å²) in [4.78, 5) is 15.2. The van der Waals surface area contributed by atoms with Gasteiger partial charge in [0, 0.05) is 48.0 Å². The number of fused-ring (bicyclic) bond motifs is 12. The van der Waals surface area contributed by atoms with Crippen molar-refractivity contribution in [3.8, 4) is 56.8 Å². The first kappa shape index (κ1) is 28.4. The summed E-state index contributed by atoms with van der Waals surface area (Å²) in [5.41, 5.74) is 9.81. The van der Waals surface area contributed by atoms with Gasteiger partial charge in [-0.1, -0.05) is 140 Å². The van der Waals surface area contributed by atoms with Crippen LogP contribution in [0.4, 0.5) is 0 Å². The molecule has 1 aliphatic carbocycles. The lowest BCUT2D eigenvalue weighted by Gasteiger charge is -2.39. The molecule has 11 rings (SSSR count). The minimum atomic E-state index is -0.506. The average molecular weight is 670 g/mol. The summed E-state index contributed by atoms with van der Waals surface area (Å²) < 4.78 is 9.25. The number of hydrogen-bond acceptors (Lipinski definition) is 5. The monoisotopic (exact) mass is 669 g/mol. The van der Waals surface area contributed by atoms with Gasteiger partial charge in [-0.3, -0.25) is 0 Å². The van der Waals surface area contributed by atoms with Gasteiger partial charge in [-0.25, -0.2) is 15.0 Å². The number of thiophene rings is 1. The van der Waals surface area contributed by atoms with Gasteiger partial charge in [0.15, 0.2) is 17.5 Å². The van der Waals surface area contributed by atoms with Crippen molar-refractivity contribution < 1.29 is 4.74 Å². The van der Waals surface area contributed by atoms with E-state index < -0.39 is 5.41 Å². The van der Waals surface area contributed by atoms with Gasteiger partial charge in [-0.15, -0.1) is 11.3 Å². The number of nitrogens with zero attached hydrogens (tertiary/aromatic N) is 3. The summed E-state index contributed by atoms with van der Waals surface area (Å²) in [6, 6.07) is 57.6. The molecular formula is C46H27N3OS. The molecule has 51 heavy (non-hydrogen) atoms. The van der Waals surface area contributed by atoms with E-state index in [4.69, 9.17) is 19.7 Å². The van der Waals surface area contributed by atoms with Gasteiger partial charge in [0.2, 0.25) is 0 Å². The lowest BCUT2D eigenvalue weighted by molar-refractivity contribution is 0.437. The average Bonchev–Trinajstić information content (AvgIpc) is 3.71. The highest BCUT2D eigenvalue weighted by Gasteiger charge is 2.51. The smallest absolute Gasteiger partial charge is 0.164 e. The maximum Gasteiger partial charge on any atom is 0.164 e. The van der Waals surface area contributed by atoms with E-state index in [1.165, 1.54) is 37.2 Å². The first-order chi connectivity index (χ1) is 25.3. The van der Waals surface area contributed by atoms with Crippen molar-refractivity contribution >= 4 is 31.5 Å².